The van der Waals surface area contributed by atoms with Crippen molar-refractivity contribution < 1.29 is 14.3 Å². The summed E-state index contributed by atoms with van der Waals surface area (Å²) in [5.41, 5.74) is 6.12. The molecular weight excluding hydrogens is 266 g/mol. The summed E-state index contributed by atoms with van der Waals surface area (Å²) in [7, 11) is 3.15. The van der Waals surface area contributed by atoms with Crippen LogP contribution < -0.4 is 20.5 Å². The van der Waals surface area contributed by atoms with Crippen LogP contribution in [-0.2, 0) is 0 Å². The lowest BCUT2D eigenvalue weighted by molar-refractivity contribution is 0.0996. The lowest BCUT2D eigenvalue weighted by atomic mass is 10.3. The van der Waals surface area contributed by atoms with Gasteiger partial charge in [-0.3, -0.25) is 4.79 Å². The van der Waals surface area contributed by atoms with E-state index in [1.807, 2.05) is 6.07 Å². The Labute approximate surface area is 114 Å². The Hall–Kier alpha value is -2.28. The highest BCUT2D eigenvalue weighted by Crippen LogP contribution is 2.32. The third-order valence-corrected chi connectivity index (χ3v) is 3.16. The van der Waals surface area contributed by atoms with Gasteiger partial charge in [0.05, 0.1) is 19.9 Å². The molecule has 0 aliphatic rings. The molecule has 0 spiro atoms. The second-order valence-corrected chi connectivity index (χ2v) is 4.45. The van der Waals surface area contributed by atoms with Gasteiger partial charge in [-0.25, -0.2) is 4.98 Å². The monoisotopic (exact) mass is 279 g/mol. The SMILES string of the molecule is COc1ccc(Nc2nc(C(N)=O)cs2)c(OC)c1. The zero-order valence-corrected chi connectivity index (χ0v) is 11.3. The maximum absolute atomic E-state index is 11.0. The molecule has 2 rings (SSSR count). The molecule has 0 atom stereocenters. The Bertz CT molecular complexity index is 598. The first kappa shape index (κ1) is 13.2. The van der Waals surface area contributed by atoms with E-state index in [4.69, 9.17) is 15.2 Å². The van der Waals surface area contributed by atoms with Gasteiger partial charge in [0, 0.05) is 11.4 Å². The van der Waals surface area contributed by atoms with E-state index >= 15 is 0 Å². The molecule has 19 heavy (non-hydrogen) atoms. The van der Waals surface area contributed by atoms with Gasteiger partial charge in [0.2, 0.25) is 0 Å². The van der Waals surface area contributed by atoms with Gasteiger partial charge in [0.25, 0.3) is 5.91 Å². The van der Waals surface area contributed by atoms with Gasteiger partial charge in [-0.15, -0.1) is 11.3 Å². The summed E-state index contributed by atoms with van der Waals surface area (Å²) >= 11 is 1.29. The quantitative estimate of drug-likeness (QED) is 0.874. The van der Waals surface area contributed by atoms with E-state index in [0.717, 1.165) is 5.69 Å². The number of methoxy groups -OCH3 is 2. The number of carbonyl (C=O) groups is 1. The molecule has 0 saturated carbocycles. The first-order valence-electron chi connectivity index (χ1n) is 5.38. The van der Waals surface area contributed by atoms with E-state index in [9.17, 15) is 4.79 Å². The molecule has 7 heteroatoms. The molecule has 0 saturated heterocycles. The Morgan fingerprint density at radius 2 is 2.16 bits per heavy atom. The van der Waals surface area contributed by atoms with Crippen LogP contribution >= 0.6 is 11.3 Å². The van der Waals surface area contributed by atoms with Crippen molar-refractivity contribution in [2.24, 2.45) is 5.73 Å². The largest absolute Gasteiger partial charge is 0.497 e. The molecule has 0 aliphatic carbocycles. The normalized spacial score (nSPS) is 10.0. The number of hydrogen-bond donors (Lipinski definition) is 2. The molecule has 0 radical (unpaired) electrons. The van der Waals surface area contributed by atoms with Crippen molar-refractivity contribution in [3.8, 4) is 11.5 Å². The van der Waals surface area contributed by atoms with Crippen LogP contribution in [0.3, 0.4) is 0 Å². The molecule has 0 unspecified atom stereocenters. The summed E-state index contributed by atoms with van der Waals surface area (Å²) in [6.07, 6.45) is 0. The highest BCUT2D eigenvalue weighted by molar-refractivity contribution is 7.14. The first-order valence-corrected chi connectivity index (χ1v) is 6.26. The van der Waals surface area contributed by atoms with Gasteiger partial charge in [-0.1, -0.05) is 0 Å². The smallest absolute Gasteiger partial charge is 0.268 e. The zero-order valence-electron chi connectivity index (χ0n) is 10.5. The number of ether oxygens (including phenoxy) is 2. The topological polar surface area (TPSA) is 86.5 Å². The molecule has 2 aromatic rings. The minimum atomic E-state index is -0.550. The molecular formula is C12H13N3O3S. The average molecular weight is 279 g/mol. The summed E-state index contributed by atoms with van der Waals surface area (Å²) < 4.78 is 10.4. The van der Waals surface area contributed by atoms with Crippen molar-refractivity contribution in [2.75, 3.05) is 19.5 Å². The van der Waals surface area contributed by atoms with Gasteiger partial charge >= 0.3 is 0 Å². The minimum absolute atomic E-state index is 0.236. The summed E-state index contributed by atoms with van der Waals surface area (Å²) in [6, 6.07) is 5.36. The maximum atomic E-state index is 11.0. The number of anilines is 2. The molecule has 1 amide bonds. The molecule has 1 heterocycles. The number of rotatable bonds is 5. The van der Waals surface area contributed by atoms with Crippen LogP contribution in [0.2, 0.25) is 0 Å². The van der Waals surface area contributed by atoms with Crippen LogP contribution in [0.25, 0.3) is 0 Å². The number of nitrogens with two attached hydrogens (primary N) is 1. The van der Waals surface area contributed by atoms with Crippen LogP contribution in [0.15, 0.2) is 23.6 Å². The van der Waals surface area contributed by atoms with Gasteiger partial charge in [-0.2, -0.15) is 0 Å². The number of nitrogens with one attached hydrogen (secondary N) is 1. The van der Waals surface area contributed by atoms with Crippen molar-refractivity contribution in [1.29, 1.82) is 0 Å². The van der Waals surface area contributed by atoms with Crippen molar-refractivity contribution in [2.45, 2.75) is 0 Å². The predicted octanol–water partition coefficient (Wildman–Crippen LogP) is 2.00. The molecule has 1 aromatic heterocycles. The number of nitrogens with zero attached hydrogens (tertiary/aromatic N) is 1. The number of aromatic nitrogens is 1. The number of amides is 1. The van der Waals surface area contributed by atoms with E-state index in [-0.39, 0.29) is 5.69 Å². The van der Waals surface area contributed by atoms with E-state index in [2.05, 4.69) is 10.3 Å². The number of hydrogen-bond acceptors (Lipinski definition) is 6. The number of benzene rings is 1. The maximum Gasteiger partial charge on any atom is 0.268 e. The Balaban J connectivity index is 2.24. The standard InChI is InChI=1S/C12H13N3O3S/c1-17-7-3-4-8(10(5-7)18-2)14-12-15-9(6-19-12)11(13)16/h3-6H,1-2H3,(H2,13,16)(H,14,15). The highest BCUT2D eigenvalue weighted by Gasteiger charge is 2.10. The molecule has 1 aromatic carbocycles. The Kier molecular flexibility index (Phi) is 3.86. The second kappa shape index (κ2) is 5.57. The molecule has 0 bridgehead atoms. The number of thiazole rings is 1. The van der Waals surface area contributed by atoms with Crippen molar-refractivity contribution >= 4 is 28.1 Å². The van der Waals surface area contributed by atoms with Gasteiger partial charge in [-0.05, 0) is 12.1 Å². The second-order valence-electron chi connectivity index (χ2n) is 3.59. The third-order valence-electron chi connectivity index (χ3n) is 2.41. The molecule has 100 valence electrons. The van der Waals surface area contributed by atoms with Crippen LogP contribution in [0.5, 0.6) is 11.5 Å². The van der Waals surface area contributed by atoms with Gasteiger partial charge in [0.1, 0.15) is 17.2 Å². The summed E-state index contributed by atoms with van der Waals surface area (Å²) in [5.74, 6) is 0.764. The van der Waals surface area contributed by atoms with E-state index < -0.39 is 5.91 Å². The minimum Gasteiger partial charge on any atom is -0.497 e. The third kappa shape index (κ3) is 2.94. The predicted molar refractivity (Wildman–Crippen MR) is 73.5 cm³/mol. The first-order chi connectivity index (χ1) is 9.13. The van der Waals surface area contributed by atoms with E-state index in [1.54, 1.807) is 31.7 Å². The molecule has 0 fully saturated rings. The number of carbonyl (C=O) groups excluding carboxylic acids is 1. The lowest BCUT2D eigenvalue weighted by Gasteiger charge is -2.10. The lowest BCUT2D eigenvalue weighted by Crippen LogP contribution is -2.11. The fourth-order valence-corrected chi connectivity index (χ4v) is 2.17. The zero-order chi connectivity index (χ0) is 13.8. The van der Waals surface area contributed by atoms with E-state index in [0.29, 0.717) is 16.6 Å². The summed E-state index contributed by atoms with van der Waals surface area (Å²) in [5, 5.41) is 5.23. The summed E-state index contributed by atoms with van der Waals surface area (Å²) in [6.45, 7) is 0. The van der Waals surface area contributed by atoms with Crippen LogP contribution in [-0.4, -0.2) is 25.1 Å². The van der Waals surface area contributed by atoms with Crippen LogP contribution in [0.1, 0.15) is 10.5 Å². The van der Waals surface area contributed by atoms with Crippen LogP contribution in [0.4, 0.5) is 10.8 Å². The fraction of sp³-hybridized carbons (Fsp3) is 0.167. The Morgan fingerprint density at radius 3 is 2.74 bits per heavy atom. The highest BCUT2D eigenvalue weighted by atomic mass is 32.1. The van der Waals surface area contributed by atoms with Crippen molar-refractivity contribution in [3.63, 3.8) is 0 Å². The fourth-order valence-electron chi connectivity index (χ4n) is 1.46. The number of primary amides is 1. The average Bonchev–Trinajstić information content (AvgIpc) is 2.88. The summed E-state index contributed by atoms with van der Waals surface area (Å²) in [4.78, 5) is 15.0. The van der Waals surface area contributed by atoms with Gasteiger partial charge < -0.3 is 20.5 Å². The van der Waals surface area contributed by atoms with Crippen molar-refractivity contribution in [1.82, 2.24) is 4.98 Å². The Morgan fingerprint density at radius 1 is 1.37 bits per heavy atom. The van der Waals surface area contributed by atoms with Crippen molar-refractivity contribution in [3.05, 3.63) is 29.3 Å². The molecule has 3 N–H and O–H groups in total. The van der Waals surface area contributed by atoms with Crippen LogP contribution in [0, 0.1) is 0 Å². The van der Waals surface area contributed by atoms with Gasteiger partial charge in [0.15, 0.2) is 5.13 Å². The van der Waals surface area contributed by atoms with E-state index in [1.165, 1.54) is 11.3 Å². The molecule has 6 nitrogen and oxygen atoms in total. The molecule has 0 aliphatic heterocycles.